The average molecular weight is 281 g/mol. The third-order valence-corrected chi connectivity index (χ3v) is 3.29. The van der Waals surface area contributed by atoms with Gasteiger partial charge in [0.1, 0.15) is 11.6 Å². The van der Waals surface area contributed by atoms with Crippen molar-refractivity contribution >= 4 is 11.9 Å². The highest BCUT2D eigenvalue weighted by molar-refractivity contribution is 5.96. The van der Waals surface area contributed by atoms with Gasteiger partial charge in [-0.25, -0.2) is 9.59 Å². The van der Waals surface area contributed by atoms with Gasteiger partial charge < -0.3 is 15.4 Å². The van der Waals surface area contributed by atoms with Crippen molar-refractivity contribution in [1.29, 1.82) is 0 Å². The van der Waals surface area contributed by atoms with Crippen LogP contribution in [0.2, 0.25) is 0 Å². The Kier molecular flexibility index (Phi) is 3.73. The monoisotopic (exact) mass is 281 g/mol. The summed E-state index contributed by atoms with van der Waals surface area (Å²) in [6.45, 7) is 0. The molecule has 1 saturated carbocycles. The van der Waals surface area contributed by atoms with Gasteiger partial charge in [-0.15, -0.1) is 0 Å². The fraction of sp³-hybridized carbons (Fsp3) is 0.500. The Morgan fingerprint density at radius 2 is 2.15 bits per heavy atom. The van der Waals surface area contributed by atoms with Crippen LogP contribution in [0, 0.1) is 5.92 Å². The van der Waals surface area contributed by atoms with Gasteiger partial charge in [-0.3, -0.25) is 14.2 Å². The van der Waals surface area contributed by atoms with Crippen molar-refractivity contribution in [2.45, 2.75) is 25.3 Å². The molecule has 0 bridgehead atoms. The molecule has 0 saturated heterocycles. The molecule has 8 nitrogen and oxygen atoms in total. The minimum Gasteiger partial charge on any atom is -0.480 e. The highest BCUT2D eigenvalue weighted by atomic mass is 16.4. The molecular formula is C12H15N3O5. The average Bonchev–Trinajstić information content (AvgIpc) is 3.19. The number of carboxylic acids is 1. The van der Waals surface area contributed by atoms with E-state index in [1.807, 2.05) is 0 Å². The van der Waals surface area contributed by atoms with Crippen molar-refractivity contribution < 1.29 is 14.7 Å². The second kappa shape index (κ2) is 5.32. The standard InChI is InChI=1S/C12H15N3O5/c1-15-10(17)7(5-13-12(15)20)9(16)14-8(11(18)19)4-6-2-3-6/h5-6,8H,2-4H2,1H3,(H,13,20)(H,14,16)(H,18,19). The van der Waals surface area contributed by atoms with E-state index in [1.54, 1.807) is 0 Å². The van der Waals surface area contributed by atoms with E-state index < -0.39 is 29.2 Å². The number of hydrogen-bond donors (Lipinski definition) is 3. The maximum atomic E-state index is 11.9. The van der Waals surface area contributed by atoms with Crippen LogP contribution in [-0.2, 0) is 11.8 Å². The normalized spacial score (nSPS) is 15.7. The Bertz CT molecular complexity index is 656. The molecule has 0 aromatic carbocycles. The number of H-pyrrole nitrogens is 1. The molecule has 2 rings (SSSR count). The molecular weight excluding hydrogens is 266 g/mol. The smallest absolute Gasteiger partial charge is 0.328 e. The number of amides is 1. The number of aliphatic carboxylic acids is 1. The van der Waals surface area contributed by atoms with E-state index in [9.17, 15) is 19.2 Å². The third-order valence-electron chi connectivity index (χ3n) is 3.29. The predicted molar refractivity (Wildman–Crippen MR) is 68.5 cm³/mol. The van der Waals surface area contributed by atoms with Crippen LogP contribution in [0.1, 0.15) is 29.6 Å². The highest BCUT2D eigenvalue weighted by Crippen LogP contribution is 2.33. The van der Waals surface area contributed by atoms with Crippen molar-refractivity contribution in [2.24, 2.45) is 13.0 Å². The lowest BCUT2D eigenvalue weighted by atomic mass is 10.1. The molecule has 1 atom stereocenters. The first-order valence-corrected chi connectivity index (χ1v) is 6.22. The largest absolute Gasteiger partial charge is 0.480 e. The Morgan fingerprint density at radius 3 is 2.70 bits per heavy atom. The third kappa shape index (κ3) is 2.95. The molecule has 8 heteroatoms. The summed E-state index contributed by atoms with van der Waals surface area (Å²) in [6, 6.07) is -1.02. The van der Waals surface area contributed by atoms with Crippen molar-refractivity contribution in [3.05, 3.63) is 32.6 Å². The second-order valence-electron chi connectivity index (χ2n) is 4.92. The molecule has 1 aliphatic carbocycles. The van der Waals surface area contributed by atoms with Crippen LogP contribution in [0.4, 0.5) is 0 Å². The lowest BCUT2D eigenvalue weighted by molar-refractivity contribution is -0.139. The molecule has 0 aliphatic heterocycles. The van der Waals surface area contributed by atoms with Crippen LogP contribution in [0.15, 0.2) is 15.8 Å². The lowest BCUT2D eigenvalue weighted by Crippen LogP contribution is -2.45. The van der Waals surface area contributed by atoms with Gasteiger partial charge >= 0.3 is 11.7 Å². The fourth-order valence-corrected chi connectivity index (χ4v) is 1.87. The van der Waals surface area contributed by atoms with Crippen LogP contribution in [0.5, 0.6) is 0 Å². The Hall–Kier alpha value is -2.38. The Balaban J connectivity index is 2.18. The number of aromatic nitrogens is 2. The molecule has 0 radical (unpaired) electrons. The van der Waals surface area contributed by atoms with Crippen LogP contribution in [-0.4, -0.2) is 32.6 Å². The van der Waals surface area contributed by atoms with Crippen molar-refractivity contribution in [3.63, 3.8) is 0 Å². The summed E-state index contributed by atoms with van der Waals surface area (Å²) in [5.41, 5.74) is -1.68. The van der Waals surface area contributed by atoms with Gasteiger partial charge in [0.05, 0.1) is 0 Å². The van der Waals surface area contributed by atoms with E-state index in [1.165, 1.54) is 7.05 Å². The Labute approximate surface area is 113 Å². The molecule has 1 amide bonds. The van der Waals surface area contributed by atoms with E-state index in [4.69, 9.17) is 5.11 Å². The topological polar surface area (TPSA) is 121 Å². The van der Waals surface area contributed by atoms with Gasteiger partial charge in [0, 0.05) is 13.2 Å². The number of carbonyl (C=O) groups is 2. The highest BCUT2D eigenvalue weighted by Gasteiger charge is 2.30. The van der Waals surface area contributed by atoms with Gasteiger partial charge in [0.25, 0.3) is 11.5 Å². The molecule has 0 spiro atoms. The maximum Gasteiger partial charge on any atom is 0.328 e. The van der Waals surface area contributed by atoms with Gasteiger partial charge in [0.2, 0.25) is 0 Å². The molecule has 20 heavy (non-hydrogen) atoms. The van der Waals surface area contributed by atoms with Crippen molar-refractivity contribution in [2.75, 3.05) is 0 Å². The number of rotatable bonds is 5. The zero-order chi connectivity index (χ0) is 14.9. The van der Waals surface area contributed by atoms with Crippen LogP contribution in [0.3, 0.4) is 0 Å². The van der Waals surface area contributed by atoms with E-state index in [2.05, 4.69) is 10.3 Å². The first kappa shape index (κ1) is 14.0. The molecule has 1 aliphatic rings. The van der Waals surface area contributed by atoms with Gasteiger partial charge in [0.15, 0.2) is 0 Å². The van der Waals surface area contributed by atoms with Crippen molar-refractivity contribution in [1.82, 2.24) is 14.9 Å². The summed E-state index contributed by atoms with van der Waals surface area (Å²) in [5, 5.41) is 11.4. The summed E-state index contributed by atoms with van der Waals surface area (Å²) in [4.78, 5) is 48.2. The van der Waals surface area contributed by atoms with Crippen molar-refractivity contribution in [3.8, 4) is 0 Å². The van der Waals surface area contributed by atoms with Crippen LogP contribution >= 0.6 is 0 Å². The predicted octanol–water partition coefficient (Wildman–Crippen LogP) is -0.943. The zero-order valence-electron chi connectivity index (χ0n) is 10.9. The first-order chi connectivity index (χ1) is 9.40. The first-order valence-electron chi connectivity index (χ1n) is 6.22. The fourth-order valence-electron chi connectivity index (χ4n) is 1.87. The van der Waals surface area contributed by atoms with Gasteiger partial charge in [-0.05, 0) is 12.3 Å². The molecule has 108 valence electrons. The van der Waals surface area contributed by atoms with E-state index in [-0.39, 0.29) is 5.56 Å². The van der Waals surface area contributed by atoms with Crippen LogP contribution < -0.4 is 16.6 Å². The molecule has 1 unspecified atom stereocenters. The van der Waals surface area contributed by atoms with E-state index in [0.717, 1.165) is 23.6 Å². The van der Waals surface area contributed by atoms with Gasteiger partial charge in [-0.2, -0.15) is 0 Å². The number of nitrogens with one attached hydrogen (secondary N) is 2. The molecule has 1 fully saturated rings. The number of carbonyl (C=O) groups excluding carboxylic acids is 1. The summed E-state index contributed by atoms with van der Waals surface area (Å²) < 4.78 is 0.756. The number of nitrogens with zero attached hydrogens (tertiary/aromatic N) is 1. The number of carboxylic acid groups (broad SMARTS) is 1. The minimum absolute atomic E-state index is 0.283. The van der Waals surface area contributed by atoms with E-state index in [0.29, 0.717) is 12.3 Å². The molecule has 1 aromatic heterocycles. The Morgan fingerprint density at radius 1 is 1.50 bits per heavy atom. The summed E-state index contributed by atoms with van der Waals surface area (Å²) in [5.74, 6) is -1.61. The number of aromatic amines is 1. The summed E-state index contributed by atoms with van der Waals surface area (Å²) in [6.07, 6.45) is 3.26. The lowest BCUT2D eigenvalue weighted by Gasteiger charge is -2.13. The second-order valence-corrected chi connectivity index (χ2v) is 4.92. The summed E-state index contributed by atoms with van der Waals surface area (Å²) >= 11 is 0. The summed E-state index contributed by atoms with van der Waals surface area (Å²) in [7, 11) is 1.23. The minimum atomic E-state index is -1.13. The number of hydrogen-bond acceptors (Lipinski definition) is 4. The maximum absolute atomic E-state index is 11.9. The SMILES string of the molecule is Cn1c(=O)[nH]cc(C(=O)NC(CC2CC2)C(=O)O)c1=O. The van der Waals surface area contributed by atoms with Crippen LogP contribution in [0.25, 0.3) is 0 Å². The van der Waals surface area contributed by atoms with Gasteiger partial charge in [-0.1, -0.05) is 12.8 Å². The molecule has 1 heterocycles. The zero-order valence-corrected chi connectivity index (χ0v) is 10.9. The van der Waals surface area contributed by atoms with E-state index >= 15 is 0 Å². The molecule has 1 aromatic rings. The quantitative estimate of drug-likeness (QED) is 0.643. The molecule has 3 N–H and O–H groups in total.